The van der Waals surface area contributed by atoms with Gasteiger partial charge in [0.25, 0.3) is 5.91 Å². The summed E-state index contributed by atoms with van der Waals surface area (Å²) in [5.41, 5.74) is 0.774. The molecule has 30 heavy (non-hydrogen) atoms. The van der Waals surface area contributed by atoms with Crippen molar-refractivity contribution in [2.45, 2.75) is 57.8 Å². The zero-order valence-corrected chi connectivity index (χ0v) is 17.9. The van der Waals surface area contributed by atoms with Crippen molar-refractivity contribution in [2.75, 3.05) is 0 Å². The standard InChI is InChI=1S/C26H29NO3/c1-4-26(5-2)17-23(22-12-8-9-13-24(22)30-26)27-25(28)18(3)29-21-15-14-19-10-6-7-11-20(19)16-21/h6-16,18,23H,4-5,17H2,1-3H3,(H,27,28)/t18-,23-/m0/s1. The minimum atomic E-state index is -0.598. The fourth-order valence-corrected chi connectivity index (χ4v) is 4.22. The normalized spacial score (nSPS) is 18.2. The molecule has 2 atom stereocenters. The first kappa shape index (κ1) is 20.3. The number of benzene rings is 3. The maximum atomic E-state index is 13.0. The lowest BCUT2D eigenvalue weighted by atomic mass is 9.83. The molecule has 0 saturated heterocycles. The number of hydrogen-bond donors (Lipinski definition) is 1. The Kier molecular flexibility index (Phi) is 5.67. The van der Waals surface area contributed by atoms with Crippen molar-refractivity contribution in [3.05, 3.63) is 72.3 Å². The van der Waals surface area contributed by atoms with Crippen molar-refractivity contribution in [1.29, 1.82) is 0 Å². The molecule has 3 aromatic carbocycles. The van der Waals surface area contributed by atoms with E-state index in [1.807, 2.05) is 60.7 Å². The largest absolute Gasteiger partial charge is 0.487 e. The molecule has 0 bridgehead atoms. The molecule has 156 valence electrons. The summed E-state index contributed by atoms with van der Waals surface area (Å²) < 4.78 is 12.3. The van der Waals surface area contributed by atoms with E-state index in [4.69, 9.17) is 9.47 Å². The summed E-state index contributed by atoms with van der Waals surface area (Å²) in [6.45, 7) is 6.08. The SMILES string of the molecule is CCC1(CC)C[C@H](NC(=O)[C@H](C)Oc2ccc3ccccc3c2)c2ccccc2O1. The molecule has 3 aromatic rings. The van der Waals surface area contributed by atoms with E-state index in [-0.39, 0.29) is 17.6 Å². The Morgan fingerprint density at radius 3 is 2.53 bits per heavy atom. The molecule has 0 saturated carbocycles. The first-order chi connectivity index (χ1) is 14.5. The van der Waals surface area contributed by atoms with Crippen LogP contribution in [0.15, 0.2) is 66.7 Å². The zero-order chi connectivity index (χ0) is 21.1. The van der Waals surface area contributed by atoms with Crippen LogP contribution in [0.1, 0.15) is 51.6 Å². The summed E-state index contributed by atoms with van der Waals surface area (Å²) in [6, 6.07) is 21.9. The Morgan fingerprint density at radius 1 is 1.07 bits per heavy atom. The number of hydrogen-bond acceptors (Lipinski definition) is 3. The summed E-state index contributed by atoms with van der Waals surface area (Å²) in [5.74, 6) is 1.44. The van der Waals surface area contributed by atoms with Crippen LogP contribution >= 0.6 is 0 Å². The molecule has 1 heterocycles. The second-order valence-corrected chi connectivity index (χ2v) is 8.06. The van der Waals surface area contributed by atoms with Crippen molar-refractivity contribution >= 4 is 16.7 Å². The quantitative estimate of drug-likeness (QED) is 0.565. The highest BCUT2D eigenvalue weighted by Gasteiger charge is 2.39. The molecule has 4 nitrogen and oxygen atoms in total. The lowest BCUT2D eigenvalue weighted by Gasteiger charge is -2.41. The molecule has 1 N–H and O–H groups in total. The van der Waals surface area contributed by atoms with Gasteiger partial charge in [-0.05, 0) is 48.7 Å². The smallest absolute Gasteiger partial charge is 0.261 e. The fourth-order valence-electron chi connectivity index (χ4n) is 4.22. The van der Waals surface area contributed by atoms with Crippen molar-refractivity contribution < 1.29 is 14.3 Å². The van der Waals surface area contributed by atoms with Gasteiger partial charge in [0.05, 0.1) is 6.04 Å². The first-order valence-electron chi connectivity index (χ1n) is 10.8. The summed E-state index contributed by atoms with van der Waals surface area (Å²) in [5, 5.41) is 5.46. The average molecular weight is 404 g/mol. The van der Waals surface area contributed by atoms with Crippen molar-refractivity contribution in [2.24, 2.45) is 0 Å². The third-order valence-corrected chi connectivity index (χ3v) is 6.21. The van der Waals surface area contributed by atoms with Crippen LogP contribution < -0.4 is 14.8 Å². The third-order valence-electron chi connectivity index (χ3n) is 6.21. The number of rotatable bonds is 6. The van der Waals surface area contributed by atoms with Gasteiger partial charge in [-0.2, -0.15) is 0 Å². The third kappa shape index (κ3) is 4.00. The Morgan fingerprint density at radius 2 is 1.77 bits per heavy atom. The molecule has 0 radical (unpaired) electrons. The summed E-state index contributed by atoms with van der Waals surface area (Å²) in [7, 11) is 0. The minimum absolute atomic E-state index is 0.0926. The molecular formula is C26H29NO3. The van der Waals surface area contributed by atoms with Gasteiger partial charge in [0, 0.05) is 12.0 Å². The Hall–Kier alpha value is -3.01. The van der Waals surface area contributed by atoms with Crippen LogP contribution in [0.2, 0.25) is 0 Å². The molecule has 1 amide bonds. The number of carbonyl (C=O) groups is 1. The second-order valence-electron chi connectivity index (χ2n) is 8.06. The van der Waals surface area contributed by atoms with Gasteiger partial charge in [-0.1, -0.05) is 62.4 Å². The molecule has 0 aliphatic carbocycles. The highest BCUT2D eigenvalue weighted by molar-refractivity contribution is 5.84. The number of para-hydroxylation sites is 1. The van der Waals surface area contributed by atoms with Crippen molar-refractivity contribution in [3.63, 3.8) is 0 Å². The van der Waals surface area contributed by atoms with E-state index in [0.717, 1.165) is 41.3 Å². The van der Waals surface area contributed by atoms with Crippen LogP contribution in [-0.4, -0.2) is 17.6 Å². The summed E-state index contributed by atoms with van der Waals surface area (Å²) in [4.78, 5) is 13.0. The van der Waals surface area contributed by atoms with Gasteiger partial charge in [-0.25, -0.2) is 0 Å². The maximum absolute atomic E-state index is 13.0. The van der Waals surface area contributed by atoms with Crippen LogP contribution in [0.3, 0.4) is 0 Å². The van der Waals surface area contributed by atoms with Gasteiger partial charge < -0.3 is 14.8 Å². The second kappa shape index (κ2) is 8.39. The molecule has 0 aromatic heterocycles. The van der Waals surface area contributed by atoms with Gasteiger partial charge in [0.15, 0.2) is 6.10 Å². The van der Waals surface area contributed by atoms with Crippen molar-refractivity contribution in [3.8, 4) is 11.5 Å². The topological polar surface area (TPSA) is 47.6 Å². The van der Waals surface area contributed by atoms with Gasteiger partial charge in [0.2, 0.25) is 0 Å². The van der Waals surface area contributed by atoms with Gasteiger partial charge >= 0.3 is 0 Å². The Bertz CT molecular complexity index is 1040. The summed E-state index contributed by atoms with van der Waals surface area (Å²) >= 11 is 0. The van der Waals surface area contributed by atoms with Gasteiger partial charge in [-0.3, -0.25) is 4.79 Å². The molecule has 1 aliphatic heterocycles. The Labute approximate surface area is 178 Å². The maximum Gasteiger partial charge on any atom is 0.261 e. The van der Waals surface area contributed by atoms with Crippen LogP contribution in [0.5, 0.6) is 11.5 Å². The number of ether oxygens (including phenoxy) is 2. The first-order valence-corrected chi connectivity index (χ1v) is 10.8. The fraction of sp³-hybridized carbons (Fsp3) is 0.346. The van der Waals surface area contributed by atoms with E-state index in [1.54, 1.807) is 6.92 Å². The van der Waals surface area contributed by atoms with Crippen molar-refractivity contribution in [1.82, 2.24) is 5.32 Å². The van der Waals surface area contributed by atoms with Crippen LogP contribution in [0, 0.1) is 0 Å². The highest BCUT2D eigenvalue weighted by atomic mass is 16.5. The Balaban J connectivity index is 1.50. The molecule has 4 rings (SSSR count). The van der Waals surface area contributed by atoms with E-state index in [0.29, 0.717) is 5.75 Å². The van der Waals surface area contributed by atoms with E-state index in [1.165, 1.54) is 0 Å². The molecular weight excluding hydrogens is 374 g/mol. The zero-order valence-electron chi connectivity index (χ0n) is 17.9. The molecule has 4 heteroatoms. The molecule has 0 spiro atoms. The van der Waals surface area contributed by atoms with E-state index in [2.05, 4.69) is 25.2 Å². The van der Waals surface area contributed by atoms with E-state index < -0.39 is 6.10 Å². The average Bonchev–Trinajstić information content (AvgIpc) is 2.78. The molecule has 0 unspecified atom stereocenters. The predicted molar refractivity (Wildman–Crippen MR) is 120 cm³/mol. The van der Waals surface area contributed by atoms with Gasteiger partial charge in [0.1, 0.15) is 17.1 Å². The highest BCUT2D eigenvalue weighted by Crippen LogP contribution is 2.42. The predicted octanol–water partition coefficient (Wildman–Crippen LogP) is 5.81. The molecule has 1 aliphatic rings. The van der Waals surface area contributed by atoms with Crippen LogP contribution in [0.4, 0.5) is 0 Å². The number of carbonyl (C=O) groups excluding carboxylic acids is 1. The lowest BCUT2D eigenvalue weighted by molar-refractivity contribution is -0.128. The van der Waals surface area contributed by atoms with Crippen LogP contribution in [-0.2, 0) is 4.79 Å². The van der Waals surface area contributed by atoms with E-state index in [9.17, 15) is 4.79 Å². The van der Waals surface area contributed by atoms with Gasteiger partial charge in [-0.15, -0.1) is 0 Å². The molecule has 0 fully saturated rings. The number of fused-ring (bicyclic) bond motifs is 2. The minimum Gasteiger partial charge on any atom is -0.487 e. The number of nitrogens with one attached hydrogen (secondary N) is 1. The van der Waals surface area contributed by atoms with Crippen LogP contribution in [0.25, 0.3) is 10.8 Å². The number of amides is 1. The monoisotopic (exact) mass is 403 g/mol. The van der Waals surface area contributed by atoms with E-state index >= 15 is 0 Å². The summed E-state index contributed by atoms with van der Waals surface area (Å²) in [6.07, 6.45) is 1.95. The lowest BCUT2D eigenvalue weighted by Crippen LogP contribution is -2.46.